The van der Waals surface area contributed by atoms with Gasteiger partial charge in [-0.15, -0.1) is 0 Å². The largest absolute Gasteiger partial charge is 0.351 e. The number of halogens is 1. The zero-order valence-corrected chi connectivity index (χ0v) is 14.1. The number of rotatable bonds is 4. The molecule has 3 aromatic heterocycles. The molecule has 3 heterocycles. The van der Waals surface area contributed by atoms with E-state index in [1.807, 2.05) is 0 Å². The van der Waals surface area contributed by atoms with Gasteiger partial charge in [0.15, 0.2) is 5.65 Å². The number of aryl methyl sites for hydroxylation is 1. The van der Waals surface area contributed by atoms with E-state index in [0.717, 1.165) is 0 Å². The van der Waals surface area contributed by atoms with Crippen molar-refractivity contribution in [3.63, 3.8) is 0 Å². The number of nitrogens with zero attached hydrogens (tertiary/aromatic N) is 3. The lowest BCUT2D eigenvalue weighted by Gasteiger charge is -2.24. The Hall–Kier alpha value is -3.03. The maximum absolute atomic E-state index is 14.0. The number of fused-ring (bicyclic) bond motifs is 1. The van der Waals surface area contributed by atoms with Crippen LogP contribution >= 0.6 is 0 Å². The Morgan fingerprint density at radius 3 is 2.88 bits per heavy atom. The second-order valence-corrected chi connectivity index (χ2v) is 6.50. The minimum atomic E-state index is -0.715. The lowest BCUT2D eigenvalue weighted by atomic mass is 9.88. The molecule has 0 saturated heterocycles. The van der Waals surface area contributed by atoms with E-state index in [1.54, 1.807) is 25.5 Å². The second-order valence-electron chi connectivity index (χ2n) is 6.50. The summed E-state index contributed by atoms with van der Waals surface area (Å²) in [5, 5.41) is 2.76. The predicted octanol–water partition coefficient (Wildman–Crippen LogP) is 1.50. The first-order valence-corrected chi connectivity index (χ1v) is 7.73. The monoisotopic (exact) mass is 343 g/mol. The van der Waals surface area contributed by atoms with E-state index in [0.29, 0.717) is 11.2 Å². The lowest BCUT2D eigenvalue weighted by Crippen LogP contribution is -2.38. The predicted molar refractivity (Wildman–Crippen MR) is 90.9 cm³/mol. The highest BCUT2D eigenvalue weighted by Crippen LogP contribution is 2.23. The van der Waals surface area contributed by atoms with Crippen LogP contribution in [0.3, 0.4) is 0 Å². The molecule has 130 valence electrons. The smallest absolute Gasteiger partial charge is 0.253 e. The summed E-state index contributed by atoms with van der Waals surface area (Å²) in [6.07, 6.45) is 3.03. The van der Waals surface area contributed by atoms with Gasteiger partial charge < -0.3 is 14.9 Å². The first-order chi connectivity index (χ1) is 11.8. The zero-order valence-electron chi connectivity index (χ0n) is 14.1. The summed E-state index contributed by atoms with van der Waals surface area (Å²) in [6.45, 7) is 3.73. The average Bonchev–Trinajstić information content (AvgIpc) is 2.93. The van der Waals surface area contributed by atoms with Crippen molar-refractivity contribution in [2.45, 2.75) is 19.3 Å². The van der Waals surface area contributed by atoms with Crippen LogP contribution in [0.2, 0.25) is 0 Å². The topological polar surface area (TPSA) is 92.7 Å². The van der Waals surface area contributed by atoms with Gasteiger partial charge in [-0.3, -0.25) is 14.6 Å². The SMILES string of the molecule is Cn1cnc2[nH]c(=O)cc(C(=O)NCC(C)(C)c3ncccc3F)c21. The number of aromatic nitrogens is 4. The molecule has 2 N–H and O–H groups in total. The number of hydrogen-bond acceptors (Lipinski definition) is 4. The Kier molecular flexibility index (Phi) is 4.12. The molecule has 0 spiro atoms. The summed E-state index contributed by atoms with van der Waals surface area (Å²) < 4.78 is 15.6. The van der Waals surface area contributed by atoms with Gasteiger partial charge in [0.1, 0.15) is 5.82 Å². The van der Waals surface area contributed by atoms with E-state index in [2.05, 4.69) is 20.3 Å². The van der Waals surface area contributed by atoms with Gasteiger partial charge in [-0.2, -0.15) is 0 Å². The van der Waals surface area contributed by atoms with Crippen LogP contribution in [0.5, 0.6) is 0 Å². The Bertz CT molecular complexity index is 1010. The number of aromatic amines is 1. The van der Waals surface area contributed by atoms with Crippen LogP contribution in [0, 0.1) is 5.82 Å². The van der Waals surface area contributed by atoms with Crippen LogP contribution in [0.25, 0.3) is 11.2 Å². The molecule has 3 rings (SSSR count). The molecule has 3 aromatic rings. The maximum atomic E-state index is 14.0. The number of pyridine rings is 2. The number of imidazole rings is 1. The van der Waals surface area contributed by atoms with E-state index in [4.69, 9.17) is 0 Å². The van der Waals surface area contributed by atoms with E-state index in [-0.39, 0.29) is 17.8 Å². The number of amides is 1. The van der Waals surface area contributed by atoms with Gasteiger partial charge in [0.05, 0.1) is 23.1 Å². The molecular weight excluding hydrogens is 325 g/mol. The third-order valence-electron chi connectivity index (χ3n) is 4.04. The highest BCUT2D eigenvalue weighted by atomic mass is 19.1. The van der Waals surface area contributed by atoms with E-state index >= 15 is 0 Å². The lowest BCUT2D eigenvalue weighted by molar-refractivity contribution is 0.0946. The van der Waals surface area contributed by atoms with Gasteiger partial charge in [-0.05, 0) is 12.1 Å². The molecule has 8 heteroatoms. The fraction of sp³-hybridized carbons (Fsp3) is 0.294. The average molecular weight is 343 g/mol. The Balaban J connectivity index is 1.87. The molecule has 0 aromatic carbocycles. The summed E-state index contributed by atoms with van der Waals surface area (Å²) in [5.74, 6) is -0.851. The summed E-state index contributed by atoms with van der Waals surface area (Å²) >= 11 is 0. The molecule has 0 fully saturated rings. The highest BCUT2D eigenvalue weighted by Gasteiger charge is 2.27. The van der Waals surface area contributed by atoms with Crippen LogP contribution in [0.1, 0.15) is 29.9 Å². The number of carbonyl (C=O) groups excluding carboxylic acids is 1. The quantitative estimate of drug-likeness (QED) is 0.751. The summed E-state index contributed by atoms with van der Waals surface area (Å²) in [4.78, 5) is 35.1. The summed E-state index contributed by atoms with van der Waals surface area (Å²) in [7, 11) is 1.73. The van der Waals surface area contributed by atoms with Crippen LogP contribution < -0.4 is 10.9 Å². The molecule has 0 bridgehead atoms. The third kappa shape index (κ3) is 3.15. The molecule has 0 unspecified atom stereocenters. The fourth-order valence-electron chi connectivity index (χ4n) is 2.73. The van der Waals surface area contributed by atoms with Crippen molar-refractivity contribution in [2.75, 3.05) is 6.54 Å². The molecule has 25 heavy (non-hydrogen) atoms. The standard InChI is InChI=1S/C17H18FN5O2/c1-17(2,14-11(18)5-4-6-19-14)8-20-16(25)10-7-12(24)22-15-13(10)23(3)9-21-15/h4-7,9H,8H2,1-3H3,(H,20,25)(H,22,24). The van der Waals surface area contributed by atoms with Crippen molar-refractivity contribution >= 4 is 17.1 Å². The zero-order chi connectivity index (χ0) is 18.2. The van der Waals surface area contributed by atoms with Gasteiger partial charge in [-0.1, -0.05) is 13.8 Å². The van der Waals surface area contributed by atoms with Crippen molar-refractivity contribution in [3.05, 3.63) is 58.2 Å². The Morgan fingerprint density at radius 2 is 2.16 bits per heavy atom. The molecule has 7 nitrogen and oxygen atoms in total. The molecule has 0 saturated carbocycles. The van der Waals surface area contributed by atoms with Crippen LogP contribution in [-0.2, 0) is 12.5 Å². The van der Waals surface area contributed by atoms with Crippen molar-refractivity contribution in [1.29, 1.82) is 0 Å². The van der Waals surface area contributed by atoms with Crippen molar-refractivity contribution in [3.8, 4) is 0 Å². The normalized spacial score (nSPS) is 11.7. The first-order valence-electron chi connectivity index (χ1n) is 7.73. The molecule has 1 amide bonds. The first kappa shape index (κ1) is 16.8. The molecule has 0 atom stereocenters. The highest BCUT2D eigenvalue weighted by molar-refractivity contribution is 6.04. The van der Waals surface area contributed by atoms with Gasteiger partial charge >= 0.3 is 0 Å². The molecule has 0 radical (unpaired) electrons. The van der Waals surface area contributed by atoms with Crippen LogP contribution in [0.4, 0.5) is 4.39 Å². The third-order valence-corrected chi connectivity index (χ3v) is 4.04. The molecular formula is C17H18FN5O2. The maximum Gasteiger partial charge on any atom is 0.253 e. The van der Waals surface area contributed by atoms with Crippen molar-refractivity contribution in [2.24, 2.45) is 7.05 Å². The Morgan fingerprint density at radius 1 is 1.40 bits per heavy atom. The molecule has 0 aliphatic heterocycles. The van der Waals surface area contributed by atoms with Gasteiger partial charge in [0, 0.05) is 31.3 Å². The van der Waals surface area contributed by atoms with Crippen molar-refractivity contribution < 1.29 is 9.18 Å². The van der Waals surface area contributed by atoms with Gasteiger partial charge in [0.2, 0.25) is 5.56 Å². The number of carbonyl (C=O) groups is 1. The van der Waals surface area contributed by atoms with Gasteiger partial charge in [0.25, 0.3) is 5.91 Å². The molecule has 0 aliphatic carbocycles. The fourth-order valence-corrected chi connectivity index (χ4v) is 2.73. The minimum Gasteiger partial charge on any atom is -0.351 e. The Labute approximate surface area is 142 Å². The van der Waals surface area contributed by atoms with Gasteiger partial charge in [-0.25, -0.2) is 9.37 Å². The summed E-state index contributed by atoms with van der Waals surface area (Å²) in [6, 6.07) is 4.08. The number of hydrogen-bond donors (Lipinski definition) is 2. The van der Waals surface area contributed by atoms with Crippen LogP contribution in [0.15, 0.2) is 35.5 Å². The molecule has 0 aliphatic rings. The minimum absolute atomic E-state index is 0.159. The summed E-state index contributed by atoms with van der Waals surface area (Å²) in [5.41, 5.74) is 0.233. The van der Waals surface area contributed by atoms with E-state index < -0.39 is 22.7 Å². The van der Waals surface area contributed by atoms with Crippen LogP contribution in [-0.4, -0.2) is 32.0 Å². The van der Waals surface area contributed by atoms with Crippen molar-refractivity contribution in [1.82, 2.24) is 24.8 Å². The number of nitrogens with one attached hydrogen (secondary N) is 2. The van der Waals surface area contributed by atoms with E-state index in [1.165, 1.54) is 30.7 Å². The van der Waals surface area contributed by atoms with E-state index in [9.17, 15) is 14.0 Å². The number of H-pyrrole nitrogens is 1. The second kappa shape index (κ2) is 6.12.